The van der Waals surface area contributed by atoms with Crippen molar-refractivity contribution in [2.45, 2.75) is 17.0 Å². The second kappa shape index (κ2) is 5.89. The van der Waals surface area contributed by atoms with E-state index in [0.717, 1.165) is 22.8 Å². The van der Waals surface area contributed by atoms with Gasteiger partial charge in [0.2, 0.25) is 5.82 Å². The van der Waals surface area contributed by atoms with Crippen molar-refractivity contribution in [2.75, 3.05) is 5.73 Å². The summed E-state index contributed by atoms with van der Waals surface area (Å²) < 4.78 is 38.0. The zero-order valence-corrected chi connectivity index (χ0v) is 12.9. The Bertz CT molecular complexity index is 864. The molecule has 0 aliphatic rings. The molecule has 2 heterocycles. The van der Waals surface area contributed by atoms with Crippen LogP contribution in [0.5, 0.6) is 0 Å². The van der Waals surface area contributed by atoms with E-state index in [1.807, 2.05) is 0 Å². The zero-order valence-electron chi connectivity index (χ0n) is 11.4. The molecule has 0 atom stereocenters. The highest BCUT2D eigenvalue weighted by Gasteiger charge is 2.35. The maximum absolute atomic E-state index is 12.7. The first-order valence-corrected chi connectivity index (χ1v) is 7.66. The number of imidazole rings is 1. The summed E-state index contributed by atoms with van der Waals surface area (Å²) in [4.78, 5) is 14.1. The second-order valence-electron chi connectivity index (χ2n) is 4.59. The van der Waals surface area contributed by atoms with E-state index < -0.39 is 12.0 Å². The lowest BCUT2D eigenvalue weighted by atomic mass is 10.3. The highest BCUT2D eigenvalue weighted by Crippen LogP contribution is 2.30. The Morgan fingerprint density at radius 3 is 2.70 bits per heavy atom. The van der Waals surface area contributed by atoms with E-state index in [1.54, 1.807) is 18.2 Å². The first kappa shape index (κ1) is 15.9. The van der Waals surface area contributed by atoms with Gasteiger partial charge in [0.1, 0.15) is 16.7 Å². The monoisotopic (exact) mass is 359 g/mol. The predicted octanol–water partition coefficient (Wildman–Crippen LogP) is 3.90. The number of H-pyrrole nitrogens is 1. The van der Waals surface area contributed by atoms with Crippen LogP contribution < -0.4 is 5.73 Å². The minimum atomic E-state index is -4.64. The molecule has 0 saturated carbocycles. The molecule has 3 rings (SSSR count). The molecule has 3 aromatic rings. The van der Waals surface area contributed by atoms with Gasteiger partial charge in [-0.3, -0.25) is 0 Å². The molecular weight excluding hydrogens is 351 g/mol. The maximum Gasteiger partial charge on any atom is 0.451 e. The summed E-state index contributed by atoms with van der Waals surface area (Å²) in [6.45, 7) is 0. The molecule has 0 aliphatic carbocycles. The lowest BCUT2D eigenvalue weighted by Gasteiger charge is -2.07. The van der Waals surface area contributed by atoms with Gasteiger partial charge in [0, 0.05) is 11.1 Å². The number of alkyl halides is 3. The predicted molar refractivity (Wildman–Crippen MR) is 82.1 cm³/mol. The highest BCUT2D eigenvalue weighted by molar-refractivity contribution is 7.98. The number of nitrogen functional groups attached to an aromatic ring is 1. The molecule has 0 bridgehead atoms. The summed E-state index contributed by atoms with van der Waals surface area (Å²) in [5.74, 6) is -0.583. The van der Waals surface area contributed by atoms with Crippen LogP contribution in [0.15, 0.2) is 29.3 Å². The average Bonchev–Trinajstić information content (AvgIpc) is 2.85. The largest absolute Gasteiger partial charge is 0.451 e. The van der Waals surface area contributed by atoms with Crippen molar-refractivity contribution in [3.8, 4) is 0 Å². The third kappa shape index (κ3) is 3.67. The number of nitrogens with one attached hydrogen (secondary N) is 1. The van der Waals surface area contributed by atoms with E-state index in [9.17, 15) is 13.2 Å². The van der Waals surface area contributed by atoms with Gasteiger partial charge in [-0.2, -0.15) is 13.2 Å². The fourth-order valence-corrected chi connectivity index (χ4v) is 2.84. The molecule has 0 unspecified atom stereocenters. The quantitative estimate of drug-likeness (QED) is 0.547. The summed E-state index contributed by atoms with van der Waals surface area (Å²) in [5.41, 5.74) is 6.88. The number of rotatable bonds is 3. The van der Waals surface area contributed by atoms with Crippen LogP contribution in [0, 0.1) is 0 Å². The Balaban J connectivity index is 1.80. The molecule has 5 nitrogen and oxygen atoms in total. The number of thioether (sulfide) groups is 1. The van der Waals surface area contributed by atoms with E-state index in [4.69, 9.17) is 17.3 Å². The number of aromatic nitrogens is 4. The van der Waals surface area contributed by atoms with Crippen LogP contribution in [0.3, 0.4) is 0 Å². The SMILES string of the molecule is Nc1cc(SCc2nc3ccc(Cl)cc3[nH]2)nc(C(F)(F)F)n1. The molecule has 0 spiro atoms. The van der Waals surface area contributed by atoms with E-state index in [2.05, 4.69) is 19.9 Å². The first-order chi connectivity index (χ1) is 10.8. The minimum Gasteiger partial charge on any atom is -0.384 e. The molecule has 0 fully saturated rings. The molecule has 3 N–H and O–H groups in total. The molecule has 0 aliphatic heterocycles. The molecule has 0 amide bonds. The topological polar surface area (TPSA) is 80.5 Å². The number of anilines is 1. The third-order valence-corrected chi connectivity index (χ3v) is 3.98. The van der Waals surface area contributed by atoms with Crippen molar-refractivity contribution in [1.29, 1.82) is 0 Å². The standard InChI is InChI=1S/C13H9ClF3N5S/c14-6-1-2-7-8(3-6)20-10(19-7)5-23-11-4-9(18)21-12(22-11)13(15,16)17/h1-4H,5H2,(H,19,20)(H2,18,21,22). The minimum absolute atomic E-state index is 0.128. The van der Waals surface area contributed by atoms with Crippen LogP contribution in [-0.4, -0.2) is 19.9 Å². The molecule has 120 valence electrons. The number of hydrogen-bond acceptors (Lipinski definition) is 5. The van der Waals surface area contributed by atoms with Crippen LogP contribution >= 0.6 is 23.4 Å². The number of fused-ring (bicyclic) bond motifs is 1. The number of aromatic amines is 1. The van der Waals surface area contributed by atoms with Crippen LogP contribution in [-0.2, 0) is 11.9 Å². The Labute approximate surface area is 137 Å². The summed E-state index contributed by atoms with van der Waals surface area (Å²) in [6.07, 6.45) is -4.64. The van der Waals surface area contributed by atoms with Gasteiger partial charge in [-0.1, -0.05) is 23.4 Å². The van der Waals surface area contributed by atoms with Gasteiger partial charge in [-0.15, -0.1) is 0 Å². The number of hydrogen-bond donors (Lipinski definition) is 2. The van der Waals surface area contributed by atoms with Crippen molar-refractivity contribution in [1.82, 2.24) is 19.9 Å². The molecule has 2 aromatic heterocycles. The van der Waals surface area contributed by atoms with Crippen molar-refractivity contribution in [3.05, 3.63) is 40.9 Å². The van der Waals surface area contributed by atoms with Gasteiger partial charge in [0.15, 0.2) is 0 Å². The normalized spacial score (nSPS) is 12.0. The first-order valence-electron chi connectivity index (χ1n) is 6.30. The van der Waals surface area contributed by atoms with E-state index in [-0.39, 0.29) is 10.8 Å². The number of nitrogens with two attached hydrogens (primary N) is 1. The molecule has 0 radical (unpaired) electrons. The average molecular weight is 360 g/mol. The summed E-state index contributed by atoms with van der Waals surface area (Å²) >= 11 is 6.97. The maximum atomic E-state index is 12.7. The fourth-order valence-electron chi connectivity index (χ4n) is 1.89. The van der Waals surface area contributed by atoms with Gasteiger partial charge in [0.05, 0.1) is 16.8 Å². The van der Waals surface area contributed by atoms with E-state index in [0.29, 0.717) is 16.6 Å². The molecular formula is C13H9ClF3N5S. The van der Waals surface area contributed by atoms with E-state index >= 15 is 0 Å². The van der Waals surface area contributed by atoms with Crippen molar-refractivity contribution >= 4 is 40.2 Å². The van der Waals surface area contributed by atoms with Crippen molar-refractivity contribution in [3.63, 3.8) is 0 Å². The summed E-state index contributed by atoms with van der Waals surface area (Å²) in [7, 11) is 0. The Morgan fingerprint density at radius 2 is 1.96 bits per heavy atom. The Kier molecular flexibility index (Phi) is 4.07. The van der Waals surface area contributed by atoms with Gasteiger partial charge in [0.25, 0.3) is 0 Å². The highest BCUT2D eigenvalue weighted by atomic mass is 35.5. The molecule has 10 heteroatoms. The van der Waals surface area contributed by atoms with Crippen LogP contribution in [0.4, 0.5) is 19.0 Å². The lowest BCUT2D eigenvalue weighted by Crippen LogP contribution is -2.12. The van der Waals surface area contributed by atoms with Crippen molar-refractivity contribution in [2.24, 2.45) is 0 Å². The summed E-state index contributed by atoms with van der Waals surface area (Å²) in [6, 6.07) is 6.48. The van der Waals surface area contributed by atoms with Gasteiger partial charge in [-0.25, -0.2) is 15.0 Å². The molecule has 23 heavy (non-hydrogen) atoms. The fraction of sp³-hybridized carbons (Fsp3) is 0.154. The van der Waals surface area contributed by atoms with Crippen molar-refractivity contribution < 1.29 is 13.2 Å². The molecule has 1 aromatic carbocycles. The zero-order chi connectivity index (χ0) is 16.6. The van der Waals surface area contributed by atoms with E-state index in [1.165, 1.54) is 6.07 Å². The Hall–Kier alpha value is -2.00. The molecule has 0 saturated heterocycles. The Morgan fingerprint density at radius 1 is 1.17 bits per heavy atom. The summed E-state index contributed by atoms with van der Waals surface area (Å²) in [5, 5.41) is 0.696. The second-order valence-corrected chi connectivity index (χ2v) is 6.02. The van der Waals surface area contributed by atoms with Crippen LogP contribution in [0.1, 0.15) is 11.6 Å². The third-order valence-electron chi connectivity index (χ3n) is 2.83. The smallest absolute Gasteiger partial charge is 0.384 e. The van der Waals surface area contributed by atoms with Crippen LogP contribution in [0.2, 0.25) is 5.02 Å². The van der Waals surface area contributed by atoms with Gasteiger partial charge < -0.3 is 10.7 Å². The van der Waals surface area contributed by atoms with Gasteiger partial charge >= 0.3 is 6.18 Å². The number of halogens is 4. The van der Waals surface area contributed by atoms with Crippen LogP contribution in [0.25, 0.3) is 11.0 Å². The van der Waals surface area contributed by atoms with Gasteiger partial charge in [-0.05, 0) is 18.2 Å². The lowest BCUT2D eigenvalue weighted by molar-refractivity contribution is -0.145. The number of benzene rings is 1. The number of nitrogens with zero attached hydrogens (tertiary/aromatic N) is 3.